The zero-order valence-corrected chi connectivity index (χ0v) is 19.4. The molecule has 4 aromatic heterocycles. The number of halogens is 1. The summed E-state index contributed by atoms with van der Waals surface area (Å²) in [5.41, 5.74) is 6.60. The van der Waals surface area contributed by atoms with Gasteiger partial charge in [-0.05, 0) is 55.8 Å². The minimum Gasteiger partial charge on any atom is -0.507 e. The summed E-state index contributed by atoms with van der Waals surface area (Å²) in [6.45, 7) is 6.47. The van der Waals surface area contributed by atoms with Crippen LogP contribution in [0.1, 0.15) is 28.7 Å². The molecule has 8 nitrogen and oxygen atoms in total. The van der Waals surface area contributed by atoms with Crippen molar-refractivity contribution in [2.45, 2.75) is 26.3 Å². The van der Waals surface area contributed by atoms with Gasteiger partial charge in [0.2, 0.25) is 0 Å². The van der Waals surface area contributed by atoms with E-state index in [4.69, 9.17) is 0 Å². The Morgan fingerprint density at radius 2 is 1.89 bits per heavy atom. The summed E-state index contributed by atoms with van der Waals surface area (Å²) in [6.07, 6.45) is 3.57. The van der Waals surface area contributed by atoms with Crippen molar-refractivity contribution in [3.05, 3.63) is 83.5 Å². The van der Waals surface area contributed by atoms with Gasteiger partial charge in [-0.15, -0.1) is 0 Å². The van der Waals surface area contributed by atoms with E-state index < -0.39 is 5.82 Å². The number of aryl methyl sites for hydroxylation is 2. The molecule has 0 amide bonds. The minimum atomic E-state index is -0.408. The van der Waals surface area contributed by atoms with Gasteiger partial charge >= 0.3 is 0 Å². The van der Waals surface area contributed by atoms with E-state index in [1.165, 1.54) is 6.07 Å². The first-order chi connectivity index (χ1) is 16.9. The number of hydrogen-bond acceptors (Lipinski definition) is 6. The number of likely N-dealkylation sites (tertiary alicyclic amines) is 1. The third-order valence-corrected chi connectivity index (χ3v) is 6.44. The molecule has 0 unspecified atom stereocenters. The number of H-pyrrole nitrogens is 1. The lowest BCUT2D eigenvalue weighted by Gasteiger charge is -2.38. The molecule has 9 heteroatoms. The summed E-state index contributed by atoms with van der Waals surface area (Å²) in [5, 5.41) is 26.8. The number of phenols is 1. The molecule has 0 spiro atoms. The highest BCUT2D eigenvalue weighted by Crippen LogP contribution is 2.34. The average Bonchev–Trinajstić information content (AvgIpc) is 3.40. The molecule has 1 aliphatic rings. The predicted octanol–water partition coefficient (Wildman–Crippen LogP) is 4.24. The Kier molecular flexibility index (Phi) is 5.07. The van der Waals surface area contributed by atoms with Crippen LogP contribution in [0, 0.1) is 19.7 Å². The van der Waals surface area contributed by atoms with Crippen LogP contribution >= 0.6 is 0 Å². The maximum atomic E-state index is 14.5. The molecule has 0 saturated carbocycles. The standard InChI is InChI=1S/C26H24FN7O/c1-15-7-20(30-29-15)14-33-11-19(12-33)23-5-6-24(32-31-23)21-4-3-17(9-25(21)35)18-8-22(27)26-28-16(2)10-34(26)13-18/h3-10,13,19,35H,11-12,14H2,1-2H3,(H,29,30). The molecule has 2 N–H and O–H groups in total. The van der Waals surface area contributed by atoms with Crippen LogP contribution in [-0.4, -0.2) is 52.9 Å². The second kappa shape index (κ2) is 8.28. The van der Waals surface area contributed by atoms with Crippen LogP contribution in [0.4, 0.5) is 4.39 Å². The van der Waals surface area contributed by atoms with Crippen LogP contribution in [0.5, 0.6) is 5.75 Å². The van der Waals surface area contributed by atoms with E-state index in [0.29, 0.717) is 28.3 Å². The van der Waals surface area contributed by atoms with Crippen molar-refractivity contribution >= 4 is 5.65 Å². The quantitative estimate of drug-likeness (QED) is 0.400. The van der Waals surface area contributed by atoms with E-state index >= 15 is 0 Å². The number of benzene rings is 1. The van der Waals surface area contributed by atoms with Crippen LogP contribution < -0.4 is 0 Å². The number of fused-ring (bicyclic) bond motifs is 1. The Labute approximate surface area is 201 Å². The van der Waals surface area contributed by atoms with Gasteiger partial charge in [-0.25, -0.2) is 9.37 Å². The fourth-order valence-corrected chi connectivity index (χ4v) is 4.64. The van der Waals surface area contributed by atoms with E-state index in [0.717, 1.165) is 42.4 Å². The molecule has 6 rings (SSSR count). The fourth-order valence-electron chi connectivity index (χ4n) is 4.64. The third-order valence-electron chi connectivity index (χ3n) is 6.44. The molecular weight excluding hydrogens is 445 g/mol. The molecule has 0 radical (unpaired) electrons. The maximum Gasteiger partial charge on any atom is 0.173 e. The second-order valence-corrected chi connectivity index (χ2v) is 9.20. The number of rotatable bonds is 5. The molecule has 176 valence electrons. The zero-order chi connectivity index (χ0) is 24.1. The van der Waals surface area contributed by atoms with Gasteiger partial charge in [0.05, 0.1) is 22.8 Å². The molecule has 0 aliphatic carbocycles. The molecule has 0 bridgehead atoms. The largest absolute Gasteiger partial charge is 0.507 e. The number of aromatic amines is 1. The van der Waals surface area contributed by atoms with Crippen molar-refractivity contribution in [2.75, 3.05) is 13.1 Å². The summed E-state index contributed by atoms with van der Waals surface area (Å²) in [4.78, 5) is 6.51. The van der Waals surface area contributed by atoms with Gasteiger partial charge in [0, 0.05) is 54.8 Å². The SMILES string of the molecule is Cc1cn2cc(-c3ccc(-c4ccc(C5CN(Cc6cc(C)[nH]n6)C5)nn4)c(O)c3)cc(F)c2n1. The number of phenolic OH excluding ortho intramolecular Hbond substituents is 1. The zero-order valence-electron chi connectivity index (χ0n) is 19.4. The summed E-state index contributed by atoms with van der Waals surface area (Å²) >= 11 is 0. The van der Waals surface area contributed by atoms with Crippen LogP contribution in [0.2, 0.25) is 0 Å². The smallest absolute Gasteiger partial charge is 0.173 e. The molecule has 1 aromatic carbocycles. The van der Waals surface area contributed by atoms with E-state index in [9.17, 15) is 9.50 Å². The highest BCUT2D eigenvalue weighted by Gasteiger charge is 2.30. The molecule has 1 aliphatic heterocycles. The number of pyridine rings is 1. The third kappa shape index (κ3) is 4.04. The molecule has 1 fully saturated rings. The van der Waals surface area contributed by atoms with Gasteiger partial charge in [-0.3, -0.25) is 10.00 Å². The summed E-state index contributed by atoms with van der Waals surface area (Å²) in [5.74, 6) is -0.00479. The van der Waals surface area contributed by atoms with Gasteiger partial charge in [0.1, 0.15) is 5.75 Å². The maximum absolute atomic E-state index is 14.5. The van der Waals surface area contributed by atoms with Crippen molar-refractivity contribution in [1.82, 2.24) is 34.7 Å². The van der Waals surface area contributed by atoms with E-state index in [-0.39, 0.29) is 11.4 Å². The lowest BCUT2D eigenvalue weighted by molar-refractivity contribution is 0.135. The van der Waals surface area contributed by atoms with Crippen molar-refractivity contribution in [3.63, 3.8) is 0 Å². The number of imidazole rings is 1. The highest BCUT2D eigenvalue weighted by molar-refractivity contribution is 5.74. The summed E-state index contributed by atoms with van der Waals surface area (Å²) < 4.78 is 16.1. The lowest BCUT2D eigenvalue weighted by atomic mass is 9.95. The van der Waals surface area contributed by atoms with Crippen LogP contribution in [0.25, 0.3) is 28.0 Å². The van der Waals surface area contributed by atoms with E-state index in [1.807, 2.05) is 32.0 Å². The van der Waals surface area contributed by atoms with Crippen molar-refractivity contribution < 1.29 is 9.50 Å². The van der Waals surface area contributed by atoms with Crippen molar-refractivity contribution in [2.24, 2.45) is 0 Å². The molecule has 35 heavy (non-hydrogen) atoms. The molecule has 5 aromatic rings. The van der Waals surface area contributed by atoms with E-state index in [2.05, 4.69) is 36.3 Å². The summed E-state index contributed by atoms with van der Waals surface area (Å²) in [6, 6.07) is 12.6. The monoisotopic (exact) mass is 469 g/mol. The van der Waals surface area contributed by atoms with Gasteiger partial charge < -0.3 is 9.51 Å². The predicted molar refractivity (Wildman–Crippen MR) is 129 cm³/mol. The first-order valence-electron chi connectivity index (χ1n) is 11.5. The van der Waals surface area contributed by atoms with Crippen LogP contribution in [-0.2, 0) is 6.54 Å². The van der Waals surface area contributed by atoms with Gasteiger partial charge in [0.15, 0.2) is 11.5 Å². The number of hydrogen-bond donors (Lipinski definition) is 2. The Morgan fingerprint density at radius 1 is 1.03 bits per heavy atom. The molecule has 5 heterocycles. The number of aromatic hydroxyl groups is 1. The second-order valence-electron chi connectivity index (χ2n) is 9.20. The molecule has 1 saturated heterocycles. The number of nitrogens with one attached hydrogen (secondary N) is 1. The van der Waals surface area contributed by atoms with Gasteiger partial charge in [-0.1, -0.05) is 6.07 Å². The minimum absolute atomic E-state index is 0.0657. The molecule has 0 atom stereocenters. The Hall–Kier alpha value is -4.11. The summed E-state index contributed by atoms with van der Waals surface area (Å²) in [7, 11) is 0. The molecular formula is C26H24FN7O. The van der Waals surface area contributed by atoms with Gasteiger partial charge in [0.25, 0.3) is 0 Å². The Bertz CT molecular complexity index is 1530. The van der Waals surface area contributed by atoms with Crippen LogP contribution in [0.3, 0.4) is 0 Å². The van der Waals surface area contributed by atoms with Crippen molar-refractivity contribution in [3.8, 4) is 28.1 Å². The Morgan fingerprint density at radius 3 is 2.60 bits per heavy atom. The highest BCUT2D eigenvalue weighted by atomic mass is 19.1. The first-order valence-corrected chi connectivity index (χ1v) is 11.5. The first kappa shape index (κ1) is 21.4. The van der Waals surface area contributed by atoms with Crippen LogP contribution in [0.15, 0.2) is 54.9 Å². The van der Waals surface area contributed by atoms with E-state index in [1.54, 1.807) is 28.9 Å². The topological polar surface area (TPSA) is 95.2 Å². The fraction of sp³-hybridized carbons (Fsp3) is 0.231. The average molecular weight is 470 g/mol. The normalized spacial score (nSPS) is 14.5. The number of nitrogens with zero attached hydrogens (tertiary/aromatic N) is 6. The van der Waals surface area contributed by atoms with Crippen molar-refractivity contribution in [1.29, 1.82) is 0 Å². The Balaban J connectivity index is 1.17. The number of aromatic nitrogens is 6. The van der Waals surface area contributed by atoms with Gasteiger partial charge in [-0.2, -0.15) is 15.3 Å². The lowest BCUT2D eigenvalue weighted by Crippen LogP contribution is -2.44.